The summed E-state index contributed by atoms with van der Waals surface area (Å²) in [6.45, 7) is 8.69. The Labute approximate surface area is 128 Å². The zero-order chi connectivity index (χ0) is 12.2. The molecule has 17 heavy (non-hydrogen) atoms. The molecule has 0 heterocycles. The zero-order valence-electron chi connectivity index (χ0n) is 12.0. The number of unbranched alkanes of at least 4 members (excludes halogenated alkanes) is 1. The number of aromatic hydroxyl groups is 1. The van der Waals surface area contributed by atoms with Gasteiger partial charge in [-0.2, -0.15) is 0 Å². The Morgan fingerprint density at radius 1 is 1.24 bits per heavy atom. The van der Waals surface area contributed by atoms with Crippen LogP contribution in [0, 0.1) is 6.92 Å². The maximum Gasteiger partial charge on any atom is 0.119 e. The number of phenols is 1. The van der Waals surface area contributed by atoms with Crippen molar-refractivity contribution >= 4 is 29.6 Å². The molecular formula is C15H24NaO. The Morgan fingerprint density at radius 2 is 1.88 bits per heavy atom. The number of rotatable bonds is 5. The van der Waals surface area contributed by atoms with Crippen LogP contribution in [0.15, 0.2) is 18.2 Å². The van der Waals surface area contributed by atoms with E-state index >= 15 is 0 Å². The Morgan fingerprint density at radius 3 is 2.35 bits per heavy atom. The second-order valence-corrected chi connectivity index (χ2v) is 5.04. The predicted molar refractivity (Wildman–Crippen MR) is 75.8 cm³/mol. The first-order chi connectivity index (χ1) is 7.53. The second-order valence-electron chi connectivity index (χ2n) is 5.04. The van der Waals surface area contributed by atoms with Crippen molar-refractivity contribution in [3.63, 3.8) is 0 Å². The third-order valence-electron chi connectivity index (χ3n) is 3.67. The van der Waals surface area contributed by atoms with Crippen molar-refractivity contribution in [2.75, 3.05) is 0 Å². The van der Waals surface area contributed by atoms with Gasteiger partial charge in [-0.25, -0.2) is 0 Å². The molecule has 0 bridgehead atoms. The maximum atomic E-state index is 10.1. The molecule has 0 aromatic heterocycles. The van der Waals surface area contributed by atoms with Crippen LogP contribution >= 0.6 is 0 Å². The molecule has 1 nitrogen and oxygen atoms in total. The van der Waals surface area contributed by atoms with Gasteiger partial charge in [0, 0.05) is 29.6 Å². The van der Waals surface area contributed by atoms with Gasteiger partial charge >= 0.3 is 0 Å². The van der Waals surface area contributed by atoms with Gasteiger partial charge in [0.15, 0.2) is 0 Å². The fraction of sp³-hybridized carbons (Fsp3) is 0.600. The molecule has 0 aliphatic heterocycles. The van der Waals surface area contributed by atoms with E-state index in [1.54, 1.807) is 0 Å². The Kier molecular flexibility index (Phi) is 7.46. The number of hydrogen-bond donors (Lipinski definition) is 1. The van der Waals surface area contributed by atoms with Crippen molar-refractivity contribution < 1.29 is 5.11 Å². The first-order valence-electron chi connectivity index (χ1n) is 6.33. The van der Waals surface area contributed by atoms with Crippen LogP contribution in [0.4, 0.5) is 0 Å². The van der Waals surface area contributed by atoms with Gasteiger partial charge in [0.25, 0.3) is 0 Å². The van der Waals surface area contributed by atoms with Gasteiger partial charge in [-0.1, -0.05) is 45.7 Å². The van der Waals surface area contributed by atoms with Gasteiger partial charge in [0.1, 0.15) is 5.75 Å². The average Bonchev–Trinajstić information content (AvgIpc) is 2.26. The monoisotopic (exact) mass is 243 g/mol. The van der Waals surface area contributed by atoms with Crippen LogP contribution in [-0.4, -0.2) is 34.7 Å². The van der Waals surface area contributed by atoms with E-state index in [1.807, 2.05) is 13.0 Å². The summed E-state index contributed by atoms with van der Waals surface area (Å²) in [5.74, 6) is 0.459. The van der Waals surface area contributed by atoms with E-state index in [0.29, 0.717) is 5.75 Å². The van der Waals surface area contributed by atoms with E-state index in [4.69, 9.17) is 0 Å². The van der Waals surface area contributed by atoms with Crippen LogP contribution < -0.4 is 0 Å². The smallest absolute Gasteiger partial charge is 0.119 e. The van der Waals surface area contributed by atoms with Crippen LogP contribution in [0.5, 0.6) is 5.75 Å². The van der Waals surface area contributed by atoms with Gasteiger partial charge < -0.3 is 5.11 Å². The van der Waals surface area contributed by atoms with E-state index in [1.165, 1.54) is 12.8 Å². The summed E-state index contributed by atoms with van der Waals surface area (Å²) in [6, 6.07) is 6.05. The summed E-state index contributed by atoms with van der Waals surface area (Å²) >= 11 is 0. The molecule has 2 heteroatoms. The van der Waals surface area contributed by atoms with E-state index in [9.17, 15) is 5.11 Å². The van der Waals surface area contributed by atoms with Gasteiger partial charge in [-0.3, -0.25) is 0 Å². The molecule has 0 saturated heterocycles. The molecule has 1 aromatic carbocycles. The molecule has 0 amide bonds. The summed E-state index contributed by atoms with van der Waals surface area (Å²) < 4.78 is 0. The normalized spacial score (nSPS) is 13.9. The van der Waals surface area contributed by atoms with Crippen LogP contribution in [0.25, 0.3) is 0 Å². The SMILES string of the molecule is CCCCC(C)(CC)c1ccc(C)cc1O.[Na]. The van der Waals surface area contributed by atoms with Crippen molar-refractivity contribution in [3.05, 3.63) is 29.3 Å². The summed E-state index contributed by atoms with van der Waals surface area (Å²) in [5.41, 5.74) is 2.34. The average molecular weight is 243 g/mol. The van der Waals surface area contributed by atoms with Crippen LogP contribution in [-0.2, 0) is 5.41 Å². The standard InChI is InChI=1S/C15H24O.Na/c1-5-7-10-15(4,6-2)13-9-8-12(3)11-14(13)16;/h8-9,11,16H,5-7,10H2,1-4H3;. The number of benzene rings is 1. The molecule has 91 valence electrons. The minimum absolute atomic E-state index is 0. The molecule has 0 aliphatic carbocycles. The summed E-state index contributed by atoms with van der Waals surface area (Å²) in [4.78, 5) is 0. The minimum atomic E-state index is 0. The third kappa shape index (κ3) is 4.31. The van der Waals surface area contributed by atoms with Crippen molar-refractivity contribution in [2.24, 2.45) is 0 Å². The van der Waals surface area contributed by atoms with E-state index < -0.39 is 0 Å². The summed E-state index contributed by atoms with van der Waals surface area (Å²) in [5, 5.41) is 10.1. The molecule has 0 aliphatic rings. The maximum absolute atomic E-state index is 10.1. The summed E-state index contributed by atoms with van der Waals surface area (Å²) in [7, 11) is 0. The molecule has 1 unspecified atom stereocenters. The number of aryl methyl sites for hydroxylation is 1. The van der Waals surface area contributed by atoms with Crippen LogP contribution in [0.1, 0.15) is 57.6 Å². The Hall–Kier alpha value is 0.0200. The number of phenolic OH excluding ortho intramolecular Hbond substituents is 1. The van der Waals surface area contributed by atoms with E-state index in [0.717, 1.165) is 24.0 Å². The minimum Gasteiger partial charge on any atom is -0.508 e. The first kappa shape index (κ1) is 17.0. The van der Waals surface area contributed by atoms with Crippen molar-refractivity contribution in [3.8, 4) is 5.75 Å². The molecule has 1 atom stereocenters. The van der Waals surface area contributed by atoms with Gasteiger partial charge in [0.2, 0.25) is 0 Å². The zero-order valence-corrected chi connectivity index (χ0v) is 14.0. The van der Waals surface area contributed by atoms with E-state index in [2.05, 4.69) is 32.9 Å². The third-order valence-corrected chi connectivity index (χ3v) is 3.67. The Balaban J connectivity index is 0.00000256. The van der Waals surface area contributed by atoms with Gasteiger partial charge in [0.05, 0.1) is 0 Å². The van der Waals surface area contributed by atoms with Gasteiger partial charge in [-0.15, -0.1) is 0 Å². The Bertz CT molecular complexity index is 349. The van der Waals surface area contributed by atoms with E-state index in [-0.39, 0.29) is 35.0 Å². The predicted octanol–water partition coefficient (Wildman–Crippen LogP) is 4.18. The molecular weight excluding hydrogens is 219 g/mol. The fourth-order valence-corrected chi connectivity index (χ4v) is 2.22. The molecule has 1 N–H and O–H groups in total. The van der Waals surface area contributed by atoms with Crippen LogP contribution in [0.3, 0.4) is 0 Å². The number of hydrogen-bond acceptors (Lipinski definition) is 1. The molecule has 0 fully saturated rings. The van der Waals surface area contributed by atoms with Gasteiger partial charge in [-0.05, 0) is 42.4 Å². The fourth-order valence-electron chi connectivity index (χ4n) is 2.22. The quantitative estimate of drug-likeness (QED) is 0.769. The second kappa shape index (κ2) is 7.45. The molecule has 1 aromatic rings. The molecule has 1 radical (unpaired) electrons. The topological polar surface area (TPSA) is 20.2 Å². The summed E-state index contributed by atoms with van der Waals surface area (Å²) in [6.07, 6.45) is 4.65. The molecule has 1 rings (SSSR count). The first-order valence-corrected chi connectivity index (χ1v) is 6.33. The van der Waals surface area contributed by atoms with Crippen molar-refractivity contribution in [1.29, 1.82) is 0 Å². The van der Waals surface area contributed by atoms with Crippen molar-refractivity contribution in [1.82, 2.24) is 0 Å². The largest absolute Gasteiger partial charge is 0.508 e. The molecule has 0 saturated carbocycles. The molecule has 0 spiro atoms. The van der Waals surface area contributed by atoms with Crippen LogP contribution in [0.2, 0.25) is 0 Å². The van der Waals surface area contributed by atoms with Crippen molar-refractivity contribution in [2.45, 2.75) is 58.8 Å².